The Morgan fingerprint density at radius 2 is 1.91 bits per heavy atom. The Balaban J connectivity index is 0.00000341. The van der Waals surface area contributed by atoms with Gasteiger partial charge in [0.15, 0.2) is 5.82 Å². The SMILES string of the molecule is CCON(NC(=N)N)C(CC)c1nc(/C=C/c2ccccn2)nc2ccc(C)cc12.Cl.Cl.Cl. The molecule has 0 amide bonds. The lowest BCUT2D eigenvalue weighted by Gasteiger charge is -2.30. The molecule has 180 valence electrons. The van der Waals surface area contributed by atoms with Gasteiger partial charge in [0.2, 0.25) is 5.96 Å². The quantitative estimate of drug-likeness (QED) is 0.223. The molecule has 0 spiro atoms. The maximum absolute atomic E-state index is 7.63. The second-order valence-electron chi connectivity index (χ2n) is 6.77. The van der Waals surface area contributed by atoms with E-state index in [4.69, 9.17) is 25.9 Å². The van der Waals surface area contributed by atoms with E-state index in [0.717, 1.165) is 27.9 Å². The van der Waals surface area contributed by atoms with Crippen LogP contribution in [0.1, 0.15) is 49.1 Å². The number of hydroxylamine groups is 1. The van der Waals surface area contributed by atoms with E-state index in [1.165, 1.54) is 5.17 Å². The molecule has 0 radical (unpaired) electrons. The second kappa shape index (κ2) is 14.6. The third-order valence-corrected chi connectivity index (χ3v) is 4.47. The van der Waals surface area contributed by atoms with E-state index in [1.807, 2.05) is 63.3 Å². The summed E-state index contributed by atoms with van der Waals surface area (Å²) in [5.74, 6) is 0.372. The van der Waals surface area contributed by atoms with E-state index in [1.54, 1.807) is 6.20 Å². The van der Waals surface area contributed by atoms with Crippen LogP contribution in [-0.4, -0.2) is 32.7 Å². The van der Waals surface area contributed by atoms with Gasteiger partial charge in [0, 0.05) is 11.6 Å². The van der Waals surface area contributed by atoms with Crippen molar-refractivity contribution >= 4 is 66.2 Å². The smallest absolute Gasteiger partial charge is 0.202 e. The summed E-state index contributed by atoms with van der Waals surface area (Å²) in [6, 6.07) is 11.5. The lowest BCUT2D eigenvalue weighted by molar-refractivity contribution is -0.208. The third kappa shape index (κ3) is 8.10. The fraction of sp³-hybridized carbons (Fsp3) is 0.273. The van der Waals surface area contributed by atoms with Crippen LogP contribution in [0.4, 0.5) is 0 Å². The summed E-state index contributed by atoms with van der Waals surface area (Å²) in [6.45, 7) is 6.37. The fourth-order valence-electron chi connectivity index (χ4n) is 3.18. The number of hydrazine groups is 1. The molecule has 2 aromatic heterocycles. The molecule has 3 aromatic rings. The van der Waals surface area contributed by atoms with Crippen molar-refractivity contribution in [2.75, 3.05) is 6.61 Å². The molecule has 0 saturated heterocycles. The van der Waals surface area contributed by atoms with Gasteiger partial charge in [0.1, 0.15) is 0 Å². The summed E-state index contributed by atoms with van der Waals surface area (Å²) in [5, 5.41) is 10.1. The maximum atomic E-state index is 7.63. The normalized spacial score (nSPS) is 11.4. The molecule has 1 unspecified atom stereocenters. The van der Waals surface area contributed by atoms with Crippen molar-refractivity contribution in [2.45, 2.75) is 33.2 Å². The van der Waals surface area contributed by atoms with Gasteiger partial charge in [0.25, 0.3) is 0 Å². The monoisotopic (exact) mass is 513 g/mol. The van der Waals surface area contributed by atoms with Crippen molar-refractivity contribution in [3.63, 3.8) is 0 Å². The van der Waals surface area contributed by atoms with Crippen LogP contribution in [-0.2, 0) is 4.84 Å². The maximum Gasteiger partial charge on any atom is 0.202 e. The Hall–Kier alpha value is -2.49. The summed E-state index contributed by atoms with van der Waals surface area (Å²) in [6.07, 6.45) is 6.16. The third-order valence-electron chi connectivity index (χ3n) is 4.47. The average Bonchev–Trinajstić information content (AvgIpc) is 2.73. The number of rotatable bonds is 8. The zero-order valence-corrected chi connectivity index (χ0v) is 21.1. The number of hydrogen-bond acceptors (Lipinski definition) is 6. The van der Waals surface area contributed by atoms with E-state index >= 15 is 0 Å². The highest BCUT2D eigenvalue weighted by atomic mass is 35.5. The Labute approximate surface area is 212 Å². The van der Waals surface area contributed by atoms with E-state index in [2.05, 4.69) is 16.5 Å². The van der Waals surface area contributed by atoms with Gasteiger partial charge < -0.3 is 5.73 Å². The number of hydrogen-bond donors (Lipinski definition) is 3. The van der Waals surface area contributed by atoms with Gasteiger partial charge in [-0.25, -0.2) is 9.97 Å². The van der Waals surface area contributed by atoms with Gasteiger partial charge in [-0.2, -0.15) is 0 Å². The number of nitrogens with one attached hydrogen (secondary N) is 2. The van der Waals surface area contributed by atoms with Gasteiger partial charge in [-0.15, -0.1) is 37.2 Å². The molecule has 33 heavy (non-hydrogen) atoms. The lowest BCUT2D eigenvalue weighted by atomic mass is 10.0. The van der Waals surface area contributed by atoms with Crippen LogP contribution in [0.5, 0.6) is 0 Å². The van der Waals surface area contributed by atoms with E-state index in [9.17, 15) is 0 Å². The Bertz CT molecular complexity index is 1050. The number of nitrogens with zero attached hydrogens (tertiary/aromatic N) is 4. The predicted octanol–water partition coefficient (Wildman–Crippen LogP) is 4.87. The summed E-state index contributed by atoms with van der Waals surface area (Å²) in [4.78, 5) is 19.6. The van der Waals surface area contributed by atoms with Gasteiger partial charge in [-0.3, -0.25) is 20.7 Å². The molecular weight excluding hydrogens is 485 g/mol. The van der Waals surface area contributed by atoms with E-state index in [0.29, 0.717) is 18.9 Å². The number of fused-ring (bicyclic) bond motifs is 1. The van der Waals surface area contributed by atoms with Crippen LogP contribution in [0, 0.1) is 12.3 Å². The van der Waals surface area contributed by atoms with Gasteiger partial charge in [-0.1, -0.05) is 29.8 Å². The molecule has 0 saturated carbocycles. The molecule has 0 fully saturated rings. The van der Waals surface area contributed by atoms with Gasteiger partial charge in [-0.05, 0) is 56.7 Å². The largest absolute Gasteiger partial charge is 0.369 e. The van der Waals surface area contributed by atoms with E-state index < -0.39 is 0 Å². The average molecular weight is 515 g/mol. The highest BCUT2D eigenvalue weighted by Crippen LogP contribution is 2.29. The zero-order valence-electron chi connectivity index (χ0n) is 18.7. The fourth-order valence-corrected chi connectivity index (χ4v) is 3.18. The molecule has 1 aromatic carbocycles. The van der Waals surface area contributed by atoms with Crippen molar-refractivity contribution in [3.05, 3.63) is 65.4 Å². The van der Waals surface area contributed by atoms with E-state index in [-0.39, 0.29) is 49.2 Å². The Morgan fingerprint density at radius 1 is 1.15 bits per heavy atom. The predicted molar refractivity (Wildman–Crippen MR) is 141 cm³/mol. The molecule has 2 heterocycles. The molecule has 0 aliphatic rings. The number of guanidine groups is 1. The summed E-state index contributed by atoms with van der Waals surface area (Å²) in [5.41, 5.74) is 11.9. The molecule has 4 N–H and O–H groups in total. The topological polar surface area (TPSA) is 113 Å². The number of aromatic nitrogens is 3. The van der Waals surface area contributed by atoms with Crippen molar-refractivity contribution in [1.29, 1.82) is 5.41 Å². The molecule has 3 rings (SSSR count). The number of pyridine rings is 1. The van der Waals surface area contributed by atoms with Crippen LogP contribution in [0.2, 0.25) is 0 Å². The standard InChI is InChI=1S/C22H27N7O.3ClH/c1-4-19(29(30-5-2)28-22(23)24)21-17-14-15(3)9-11-18(17)26-20(27-21)12-10-16-8-6-7-13-25-16;;;/h6-14,19H,4-5H2,1-3H3,(H4,23,24,28);3*1H/b12-10+;;;. The summed E-state index contributed by atoms with van der Waals surface area (Å²) >= 11 is 0. The summed E-state index contributed by atoms with van der Waals surface area (Å²) < 4.78 is 0. The zero-order chi connectivity index (χ0) is 21.5. The molecule has 0 bridgehead atoms. The van der Waals surface area contributed by atoms with Gasteiger partial charge in [0.05, 0.1) is 29.6 Å². The van der Waals surface area contributed by atoms with Crippen molar-refractivity contribution in [3.8, 4) is 0 Å². The Kier molecular flexibility index (Phi) is 13.5. The highest BCUT2D eigenvalue weighted by Gasteiger charge is 2.24. The summed E-state index contributed by atoms with van der Waals surface area (Å²) in [7, 11) is 0. The molecule has 1 atom stereocenters. The number of nitrogens with two attached hydrogens (primary N) is 1. The highest BCUT2D eigenvalue weighted by molar-refractivity contribution is 5.86. The minimum absolute atomic E-state index is 0. The molecule has 8 nitrogen and oxygen atoms in total. The van der Waals surface area contributed by atoms with Crippen LogP contribution >= 0.6 is 37.2 Å². The van der Waals surface area contributed by atoms with Crippen molar-refractivity contribution in [2.24, 2.45) is 5.73 Å². The molecule has 0 aliphatic carbocycles. The Morgan fingerprint density at radius 3 is 2.52 bits per heavy atom. The molecule has 11 heteroatoms. The number of benzene rings is 1. The number of aryl methyl sites for hydroxylation is 1. The molecule has 0 aliphatic heterocycles. The first-order chi connectivity index (χ1) is 14.5. The van der Waals surface area contributed by atoms with Gasteiger partial charge >= 0.3 is 0 Å². The van der Waals surface area contributed by atoms with Crippen molar-refractivity contribution in [1.82, 2.24) is 25.5 Å². The van der Waals surface area contributed by atoms with Crippen LogP contribution < -0.4 is 11.2 Å². The molecular formula is C22H30Cl3N7O. The van der Waals surface area contributed by atoms with Crippen LogP contribution in [0.15, 0.2) is 42.6 Å². The van der Waals surface area contributed by atoms with Crippen LogP contribution in [0.25, 0.3) is 23.1 Å². The lowest BCUT2D eigenvalue weighted by Crippen LogP contribution is -2.47. The van der Waals surface area contributed by atoms with Crippen molar-refractivity contribution < 1.29 is 4.84 Å². The number of halogens is 3. The minimum Gasteiger partial charge on any atom is -0.369 e. The first kappa shape index (κ1) is 30.5. The second-order valence-corrected chi connectivity index (χ2v) is 6.77. The first-order valence-electron chi connectivity index (χ1n) is 9.92. The minimum atomic E-state index is -0.275. The first-order valence-corrected chi connectivity index (χ1v) is 9.92. The van der Waals surface area contributed by atoms with Crippen LogP contribution in [0.3, 0.4) is 0 Å².